The molecule has 3 aromatic rings. The van der Waals surface area contributed by atoms with E-state index < -0.39 is 0 Å². The monoisotopic (exact) mass is 374 g/mol. The quantitative estimate of drug-likeness (QED) is 0.678. The van der Waals surface area contributed by atoms with Gasteiger partial charge in [0.2, 0.25) is 5.95 Å². The van der Waals surface area contributed by atoms with Crippen molar-refractivity contribution >= 4 is 5.95 Å². The molecule has 2 atom stereocenters. The van der Waals surface area contributed by atoms with E-state index in [4.69, 9.17) is 14.7 Å². The number of hydrogen-bond donors (Lipinski definition) is 0. The highest BCUT2D eigenvalue weighted by molar-refractivity contribution is 5.82. The number of aryl methyl sites for hydroxylation is 2. The number of aromatic nitrogens is 3. The molecular formula is C23H26N4O. The van der Waals surface area contributed by atoms with Gasteiger partial charge in [0.25, 0.3) is 0 Å². The third-order valence-electron chi connectivity index (χ3n) is 5.07. The van der Waals surface area contributed by atoms with Crippen molar-refractivity contribution in [1.29, 1.82) is 0 Å². The van der Waals surface area contributed by atoms with Crippen LogP contribution in [-0.2, 0) is 4.74 Å². The number of pyridine rings is 1. The normalized spacial score (nSPS) is 19.6. The number of hydrogen-bond acceptors (Lipinski definition) is 5. The highest BCUT2D eigenvalue weighted by Crippen LogP contribution is 2.33. The van der Waals surface area contributed by atoms with Gasteiger partial charge in [-0.2, -0.15) is 0 Å². The average molecular weight is 374 g/mol. The Morgan fingerprint density at radius 3 is 2.46 bits per heavy atom. The lowest BCUT2D eigenvalue weighted by Crippen LogP contribution is -2.46. The van der Waals surface area contributed by atoms with E-state index in [-0.39, 0.29) is 12.2 Å². The van der Waals surface area contributed by atoms with Gasteiger partial charge < -0.3 is 9.64 Å². The second-order valence-electron chi connectivity index (χ2n) is 7.60. The summed E-state index contributed by atoms with van der Waals surface area (Å²) in [5.74, 6) is 0.747. The summed E-state index contributed by atoms with van der Waals surface area (Å²) in [7, 11) is 0. The molecule has 3 heterocycles. The van der Waals surface area contributed by atoms with Crippen molar-refractivity contribution in [1.82, 2.24) is 15.0 Å². The Morgan fingerprint density at radius 2 is 1.75 bits per heavy atom. The van der Waals surface area contributed by atoms with Crippen LogP contribution < -0.4 is 4.90 Å². The van der Waals surface area contributed by atoms with E-state index in [0.29, 0.717) is 0 Å². The first kappa shape index (κ1) is 18.6. The maximum absolute atomic E-state index is 5.87. The minimum Gasteiger partial charge on any atom is -0.372 e. The summed E-state index contributed by atoms with van der Waals surface area (Å²) in [6, 6.07) is 12.5. The molecule has 4 rings (SSSR count). The molecule has 0 N–H and O–H groups in total. The van der Waals surface area contributed by atoms with Crippen LogP contribution in [0.5, 0.6) is 0 Å². The van der Waals surface area contributed by atoms with Crippen LogP contribution >= 0.6 is 0 Å². The summed E-state index contributed by atoms with van der Waals surface area (Å²) in [6.07, 6.45) is 4.09. The number of nitrogens with zero attached hydrogens (tertiary/aromatic N) is 4. The highest BCUT2D eigenvalue weighted by atomic mass is 16.5. The average Bonchev–Trinajstić information content (AvgIpc) is 2.67. The Hall–Kier alpha value is -2.79. The maximum Gasteiger partial charge on any atom is 0.226 e. The van der Waals surface area contributed by atoms with Crippen LogP contribution in [0.3, 0.4) is 0 Å². The first-order chi connectivity index (χ1) is 13.5. The molecular weight excluding hydrogens is 348 g/mol. The van der Waals surface area contributed by atoms with E-state index in [1.54, 1.807) is 0 Å². The Bertz CT molecular complexity index is 978. The molecule has 144 valence electrons. The summed E-state index contributed by atoms with van der Waals surface area (Å²) in [4.78, 5) is 16.5. The van der Waals surface area contributed by atoms with Gasteiger partial charge in [-0.05, 0) is 45.4 Å². The minimum atomic E-state index is 0.160. The van der Waals surface area contributed by atoms with E-state index in [0.717, 1.165) is 47.1 Å². The molecule has 28 heavy (non-hydrogen) atoms. The summed E-state index contributed by atoms with van der Waals surface area (Å²) in [5, 5.41) is 0. The van der Waals surface area contributed by atoms with Crippen molar-refractivity contribution in [2.45, 2.75) is 39.9 Å². The molecule has 1 aromatic carbocycles. The SMILES string of the molecule is Cc1cccc(-c2cnc(N3C[C@@H](C)O[C@@H](C)C3)nc2-c2cccnc2C)c1. The van der Waals surface area contributed by atoms with Crippen LogP contribution in [0.15, 0.2) is 48.8 Å². The third-order valence-corrected chi connectivity index (χ3v) is 5.07. The van der Waals surface area contributed by atoms with Gasteiger partial charge in [-0.15, -0.1) is 0 Å². The molecule has 5 nitrogen and oxygen atoms in total. The summed E-state index contributed by atoms with van der Waals surface area (Å²) in [5.41, 5.74) is 6.28. The Morgan fingerprint density at radius 1 is 0.964 bits per heavy atom. The molecule has 0 bridgehead atoms. The van der Waals surface area contributed by atoms with Crippen molar-refractivity contribution in [3.8, 4) is 22.4 Å². The molecule has 0 spiro atoms. The second-order valence-corrected chi connectivity index (χ2v) is 7.60. The van der Waals surface area contributed by atoms with Crippen LogP contribution in [0, 0.1) is 13.8 Å². The minimum absolute atomic E-state index is 0.160. The molecule has 0 amide bonds. The summed E-state index contributed by atoms with van der Waals surface area (Å²) in [6.45, 7) is 9.89. The largest absolute Gasteiger partial charge is 0.372 e. The molecule has 1 aliphatic rings. The fourth-order valence-electron chi connectivity index (χ4n) is 3.83. The summed E-state index contributed by atoms with van der Waals surface area (Å²) >= 11 is 0. The predicted octanol–water partition coefficient (Wildman–Crippen LogP) is 4.44. The van der Waals surface area contributed by atoms with Gasteiger partial charge in [-0.25, -0.2) is 9.97 Å². The first-order valence-corrected chi connectivity index (χ1v) is 9.77. The molecule has 1 saturated heterocycles. The van der Waals surface area contributed by atoms with Crippen LogP contribution in [0.25, 0.3) is 22.4 Å². The molecule has 0 radical (unpaired) electrons. The Kier molecular flexibility index (Phi) is 5.09. The van der Waals surface area contributed by atoms with Gasteiger partial charge in [0.15, 0.2) is 0 Å². The molecule has 0 unspecified atom stereocenters. The fourth-order valence-corrected chi connectivity index (χ4v) is 3.83. The van der Waals surface area contributed by atoms with Crippen LogP contribution in [0.4, 0.5) is 5.95 Å². The number of anilines is 1. The zero-order valence-electron chi connectivity index (χ0n) is 16.9. The van der Waals surface area contributed by atoms with Gasteiger partial charge in [-0.3, -0.25) is 4.98 Å². The van der Waals surface area contributed by atoms with E-state index in [2.05, 4.69) is 61.0 Å². The lowest BCUT2D eigenvalue weighted by atomic mass is 9.99. The van der Waals surface area contributed by atoms with Crippen molar-refractivity contribution in [3.05, 3.63) is 60.0 Å². The van der Waals surface area contributed by atoms with Crippen molar-refractivity contribution in [3.63, 3.8) is 0 Å². The topological polar surface area (TPSA) is 51.1 Å². The lowest BCUT2D eigenvalue weighted by molar-refractivity contribution is -0.00571. The number of ether oxygens (including phenoxy) is 1. The molecule has 0 aliphatic carbocycles. The van der Waals surface area contributed by atoms with Crippen LogP contribution in [0.2, 0.25) is 0 Å². The zero-order chi connectivity index (χ0) is 19.7. The third kappa shape index (κ3) is 3.76. The molecule has 2 aromatic heterocycles. The van der Waals surface area contributed by atoms with Gasteiger partial charge >= 0.3 is 0 Å². The van der Waals surface area contributed by atoms with Gasteiger partial charge in [0.1, 0.15) is 0 Å². The fraction of sp³-hybridized carbons (Fsp3) is 0.348. The van der Waals surface area contributed by atoms with Crippen LogP contribution in [-0.4, -0.2) is 40.2 Å². The second kappa shape index (κ2) is 7.68. The Balaban J connectivity index is 1.85. The van der Waals surface area contributed by atoms with Crippen LogP contribution in [0.1, 0.15) is 25.1 Å². The molecule has 5 heteroatoms. The first-order valence-electron chi connectivity index (χ1n) is 9.77. The number of rotatable bonds is 3. The maximum atomic E-state index is 5.87. The number of morpholine rings is 1. The predicted molar refractivity (Wildman–Crippen MR) is 112 cm³/mol. The molecule has 1 aliphatic heterocycles. The number of benzene rings is 1. The van der Waals surface area contributed by atoms with Gasteiger partial charge in [0.05, 0.1) is 17.9 Å². The van der Waals surface area contributed by atoms with Gasteiger partial charge in [-0.1, -0.05) is 29.8 Å². The Labute approximate surface area is 166 Å². The lowest BCUT2D eigenvalue weighted by Gasteiger charge is -2.35. The van der Waals surface area contributed by atoms with E-state index in [1.807, 2.05) is 25.4 Å². The van der Waals surface area contributed by atoms with E-state index in [1.165, 1.54) is 5.56 Å². The summed E-state index contributed by atoms with van der Waals surface area (Å²) < 4.78 is 5.87. The standard InChI is InChI=1S/C23H26N4O/c1-15-7-5-8-19(11-15)21-12-25-23(27-13-16(2)28-17(3)14-27)26-22(21)20-9-6-10-24-18(20)4/h5-12,16-17H,13-14H2,1-4H3/t16-,17+. The zero-order valence-corrected chi connectivity index (χ0v) is 16.9. The highest BCUT2D eigenvalue weighted by Gasteiger charge is 2.25. The molecule has 0 saturated carbocycles. The smallest absolute Gasteiger partial charge is 0.226 e. The van der Waals surface area contributed by atoms with E-state index in [9.17, 15) is 0 Å². The van der Waals surface area contributed by atoms with E-state index >= 15 is 0 Å². The molecule has 1 fully saturated rings. The van der Waals surface area contributed by atoms with Crippen molar-refractivity contribution in [2.75, 3.05) is 18.0 Å². The van der Waals surface area contributed by atoms with Crippen molar-refractivity contribution < 1.29 is 4.74 Å². The van der Waals surface area contributed by atoms with Gasteiger partial charge in [0, 0.05) is 42.3 Å². The van der Waals surface area contributed by atoms with Crippen molar-refractivity contribution in [2.24, 2.45) is 0 Å².